The van der Waals surface area contributed by atoms with E-state index in [1.165, 1.54) is 23.0 Å². The second kappa shape index (κ2) is 5.97. The van der Waals surface area contributed by atoms with E-state index in [0.717, 1.165) is 5.56 Å². The van der Waals surface area contributed by atoms with E-state index in [1.807, 2.05) is 6.92 Å². The minimum Gasteiger partial charge on any atom is -0.486 e. The van der Waals surface area contributed by atoms with Crippen LogP contribution < -0.4 is 10.3 Å². The van der Waals surface area contributed by atoms with Gasteiger partial charge in [0.15, 0.2) is 5.75 Å². The topological polar surface area (TPSA) is 44.1 Å². The summed E-state index contributed by atoms with van der Waals surface area (Å²) in [4.78, 5) is 11.8. The van der Waals surface area contributed by atoms with Crippen LogP contribution in [0.25, 0.3) is 0 Å². The van der Waals surface area contributed by atoms with Crippen LogP contribution in [0.4, 0.5) is 4.39 Å². The molecule has 1 heterocycles. The SMILES string of the molecule is CCn1ncc(OCc2ccc(F)cc2)c(Br)c1=O. The lowest BCUT2D eigenvalue weighted by Crippen LogP contribution is -2.22. The maximum Gasteiger partial charge on any atom is 0.284 e. The molecular formula is C13H12BrFN2O2. The highest BCUT2D eigenvalue weighted by Crippen LogP contribution is 2.20. The third-order valence-corrected chi connectivity index (χ3v) is 3.29. The van der Waals surface area contributed by atoms with Crippen molar-refractivity contribution in [2.45, 2.75) is 20.1 Å². The van der Waals surface area contributed by atoms with E-state index in [4.69, 9.17) is 4.74 Å². The Morgan fingerprint density at radius 1 is 1.37 bits per heavy atom. The van der Waals surface area contributed by atoms with Crippen LogP contribution in [0.5, 0.6) is 5.75 Å². The van der Waals surface area contributed by atoms with Crippen LogP contribution in [0, 0.1) is 5.82 Å². The number of hydrogen-bond acceptors (Lipinski definition) is 3. The Morgan fingerprint density at radius 3 is 2.68 bits per heavy atom. The molecule has 2 aromatic rings. The van der Waals surface area contributed by atoms with Crippen LogP contribution in [-0.4, -0.2) is 9.78 Å². The molecule has 0 spiro atoms. The number of ether oxygens (including phenoxy) is 1. The summed E-state index contributed by atoms with van der Waals surface area (Å²) in [5.41, 5.74) is 0.576. The van der Waals surface area contributed by atoms with Gasteiger partial charge in [-0.3, -0.25) is 4.79 Å². The van der Waals surface area contributed by atoms with Crippen molar-refractivity contribution in [3.63, 3.8) is 0 Å². The summed E-state index contributed by atoms with van der Waals surface area (Å²) in [5, 5.41) is 3.97. The molecular weight excluding hydrogens is 315 g/mol. The molecule has 0 bridgehead atoms. The van der Waals surface area contributed by atoms with Crippen molar-refractivity contribution in [2.75, 3.05) is 0 Å². The molecule has 2 rings (SSSR count). The number of hydrogen-bond donors (Lipinski definition) is 0. The van der Waals surface area contributed by atoms with Gasteiger partial charge in [-0.15, -0.1) is 0 Å². The highest BCUT2D eigenvalue weighted by Gasteiger charge is 2.09. The van der Waals surface area contributed by atoms with Crippen molar-refractivity contribution in [2.24, 2.45) is 0 Å². The quantitative estimate of drug-likeness (QED) is 0.867. The van der Waals surface area contributed by atoms with Crippen molar-refractivity contribution >= 4 is 15.9 Å². The number of aromatic nitrogens is 2. The Kier molecular flexibility index (Phi) is 4.31. The maximum atomic E-state index is 12.7. The summed E-state index contributed by atoms with van der Waals surface area (Å²) in [6.07, 6.45) is 1.48. The van der Waals surface area contributed by atoms with Crippen molar-refractivity contribution in [3.8, 4) is 5.75 Å². The van der Waals surface area contributed by atoms with E-state index >= 15 is 0 Å². The van der Waals surface area contributed by atoms with Crippen LogP contribution in [0.3, 0.4) is 0 Å². The molecule has 6 heteroatoms. The lowest BCUT2D eigenvalue weighted by molar-refractivity contribution is 0.299. The Labute approximate surface area is 118 Å². The van der Waals surface area contributed by atoms with E-state index in [9.17, 15) is 9.18 Å². The molecule has 4 nitrogen and oxygen atoms in total. The first-order chi connectivity index (χ1) is 9.11. The van der Waals surface area contributed by atoms with Crippen LogP contribution in [-0.2, 0) is 13.2 Å². The summed E-state index contributed by atoms with van der Waals surface area (Å²) in [7, 11) is 0. The predicted octanol–water partition coefficient (Wildman–Crippen LogP) is 2.74. The molecule has 1 aromatic heterocycles. The molecule has 0 atom stereocenters. The van der Waals surface area contributed by atoms with E-state index in [1.54, 1.807) is 12.1 Å². The number of halogens is 2. The molecule has 0 aliphatic rings. The monoisotopic (exact) mass is 326 g/mol. The fourth-order valence-corrected chi connectivity index (χ4v) is 1.94. The van der Waals surface area contributed by atoms with Gasteiger partial charge in [-0.2, -0.15) is 5.10 Å². The molecule has 100 valence electrons. The van der Waals surface area contributed by atoms with Gasteiger partial charge >= 0.3 is 0 Å². The van der Waals surface area contributed by atoms with Crippen LogP contribution in [0.15, 0.2) is 39.7 Å². The Balaban J connectivity index is 2.14. The van der Waals surface area contributed by atoms with Gasteiger partial charge in [0.2, 0.25) is 0 Å². The zero-order chi connectivity index (χ0) is 13.8. The molecule has 0 unspecified atom stereocenters. The van der Waals surface area contributed by atoms with Gasteiger partial charge in [0, 0.05) is 6.54 Å². The van der Waals surface area contributed by atoms with Crippen molar-refractivity contribution in [1.29, 1.82) is 0 Å². The van der Waals surface area contributed by atoms with Gasteiger partial charge < -0.3 is 4.74 Å². The average molecular weight is 327 g/mol. The molecule has 0 aliphatic carbocycles. The highest BCUT2D eigenvalue weighted by molar-refractivity contribution is 9.10. The van der Waals surface area contributed by atoms with E-state index in [2.05, 4.69) is 21.0 Å². The summed E-state index contributed by atoms with van der Waals surface area (Å²) in [6.45, 7) is 2.58. The molecule has 0 aliphatic heterocycles. The minimum absolute atomic E-state index is 0.237. The summed E-state index contributed by atoms with van der Waals surface area (Å²) >= 11 is 3.20. The second-order valence-corrected chi connectivity index (χ2v) is 4.65. The first-order valence-electron chi connectivity index (χ1n) is 5.74. The van der Waals surface area contributed by atoms with Gasteiger partial charge in [0.05, 0.1) is 6.20 Å². The van der Waals surface area contributed by atoms with E-state index in [-0.39, 0.29) is 18.0 Å². The van der Waals surface area contributed by atoms with Crippen LogP contribution in [0.1, 0.15) is 12.5 Å². The smallest absolute Gasteiger partial charge is 0.284 e. The highest BCUT2D eigenvalue weighted by atomic mass is 79.9. The summed E-state index contributed by atoms with van der Waals surface area (Å²) < 4.78 is 19.9. The van der Waals surface area contributed by atoms with Crippen LogP contribution in [0.2, 0.25) is 0 Å². The fourth-order valence-electron chi connectivity index (χ4n) is 1.52. The predicted molar refractivity (Wildman–Crippen MR) is 72.6 cm³/mol. The Morgan fingerprint density at radius 2 is 2.05 bits per heavy atom. The van der Waals surface area contributed by atoms with Crippen LogP contribution >= 0.6 is 15.9 Å². The van der Waals surface area contributed by atoms with Crippen molar-refractivity contribution in [3.05, 3.63) is 56.7 Å². The van der Waals surface area contributed by atoms with Crippen molar-refractivity contribution < 1.29 is 9.13 Å². The number of aryl methyl sites for hydroxylation is 1. The summed E-state index contributed by atoms with van der Waals surface area (Å²) in [5.74, 6) is 0.0798. The fraction of sp³-hybridized carbons (Fsp3) is 0.231. The number of benzene rings is 1. The second-order valence-electron chi connectivity index (χ2n) is 3.86. The lowest BCUT2D eigenvalue weighted by Gasteiger charge is -2.09. The van der Waals surface area contributed by atoms with Gasteiger partial charge in [-0.1, -0.05) is 12.1 Å². The van der Waals surface area contributed by atoms with Gasteiger partial charge in [-0.25, -0.2) is 9.07 Å². The lowest BCUT2D eigenvalue weighted by atomic mass is 10.2. The third-order valence-electron chi connectivity index (χ3n) is 2.56. The standard InChI is InChI=1S/C13H12BrFN2O2/c1-2-17-13(18)12(14)11(7-16-17)19-8-9-3-5-10(15)6-4-9/h3-7H,2,8H2,1H3. The molecule has 0 saturated carbocycles. The van der Waals surface area contributed by atoms with E-state index < -0.39 is 0 Å². The molecule has 0 radical (unpaired) electrons. The minimum atomic E-state index is -0.294. The third kappa shape index (κ3) is 3.20. The first kappa shape index (κ1) is 13.7. The Bertz CT molecular complexity index is 626. The molecule has 0 saturated heterocycles. The Hall–Kier alpha value is -1.69. The van der Waals surface area contributed by atoms with Crippen molar-refractivity contribution in [1.82, 2.24) is 9.78 Å². The first-order valence-corrected chi connectivity index (χ1v) is 6.54. The maximum absolute atomic E-state index is 12.7. The number of rotatable bonds is 4. The van der Waals surface area contributed by atoms with Gasteiger partial charge in [0.1, 0.15) is 16.9 Å². The number of nitrogens with zero attached hydrogens (tertiary/aromatic N) is 2. The van der Waals surface area contributed by atoms with Gasteiger partial charge in [-0.05, 0) is 40.5 Å². The largest absolute Gasteiger partial charge is 0.486 e. The molecule has 1 aromatic carbocycles. The molecule has 0 N–H and O–H groups in total. The molecule has 0 amide bonds. The van der Waals surface area contributed by atoms with E-state index in [0.29, 0.717) is 16.8 Å². The molecule has 0 fully saturated rings. The zero-order valence-electron chi connectivity index (χ0n) is 10.3. The molecule has 19 heavy (non-hydrogen) atoms. The average Bonchev–Trinajstić information content (AvgIpc) is 2.42. The van der Waals surface area contributed by atoms with Gasteiger partial charge in [0.25, 0.3) is 5.56 Å². The zero-order valence-corrected chi connectivity index (χ0v) is 11.9. The summed E-state index contributed by atoms with van der Waals surface area (Å²) in [6, 6.07) is 5.98. The normalized spacial score (nSPS) is 10.5.